The average Bonchev–Trinajstić information content (AvgIpc) is 2.42. The van der Waals surface area contributed by atoms with E-state index in [0.29, 0.717) is 10.8 Å². The number of hydrogen-bond acceptors (Lipinski definition) is 4. The maximum Gasteiger partial charge on any atom is 0.326 e. The Kier molecular flexibility index (Phi) is 5.84. The minimum Gasteiger partial charge on any atom is -0.493 e. The van der Waals surface area contributed by atoms with E-state index in [4.69, 9.17) is 32.7 Å². The number of benzene rings is 1. The highest BCUT2D eigenvalue weighted by Gasteiger charge is 2.43. The fourth-order valence-corrected chi connectivity index (χ4v) is 2.33. The molecule has 0 aliphatic carbocycles. The highest BCUT2D eigenvalue weighted by atomic mass is 35.5. The van der Waals surface area contributed by atoms with Crippen molar-refractivity contribution in [3.8, 4) is 11.5 Å². The Balaban J connectivity index is 3.09. The SMILES string of the molecule is CCC(CC)(C(=O)Cl)C(=O)Oc1ccc(Cl)cc1OC. The zero-order valence-electron chi connectivity index (χ0n) is 11.5. The molecule has 0 aliphatic heterocycles. The van der Waals surface area contributed by atoms with Crippen LogP contribution in [0.1, 0.15) is 26.7 Å². The summed E-state index contributed by atoms with van der Waals surface area (Å²) in [6.45, 7) is 3.42. The van der Waals surface area contributed by atoms with Gasteiger partial charge in [0, 0.05) is 11.1 Å². The van der Waals surface area contributed by atoms with Crippen molar-refractivity contribution in [2.75, 3.05) is 7.11 Å². The molecule has 0 aromatic heterocycles. The number of rotatable bonds is 6. The number of methoxy groups -OCH3 is 1. The Morgan fingerprint density at radius 2 is 1.80 bits per heavy atom. The third-order valence-electron chi connectivity index (χ3n) is 3.30. The van der Waals surface area contributed by atoms with Gasteiger partial charge in [0.15, 0.2) is 11.5 Å². The largest absolute Gasteiger partial charge is 0.493 e. The van der Waals surface area contributed by atoms with Gasteiger partial charge in [0.25, 0.3) is 0 Å². The van der Waals surface area contributed by atoms with E-state index in [9.17, 15) is 9.59 Å². The van der Waals surface area contributed by atoms with E-state index in [-0.39, 0.29) is 18.6 Å². The van der Waals surface area contributed by atoms with Crippen molar-refractivity contribution in [2.24, 2.45) is 5.41 Å². The van der Waals surface area contributed by atoms with Gasteiger partial charge in [-0.15, -0.1) is 0 Å². The van der Waals surface area contributed by atoms with Crippen molar-refractivity contribution in [2.45, 2.75) is 26.7 Å². The van der Waals surface area contributed by atoms with Gasteiger partial charge in [-0.2, -0.15) is 0 Å². The maximum absolute atomic E-state index is 12.3. The number of hydrogen-bond donors (Lipinski definition) is 0. The van der Waals surface area contributed by atoms with Crippen LogP contribution in [-0.4, -0.2) is 18.3 Å². The van der Waals surface area contributed by atoms with Crippen LogP contribution >= 0.6 is 23.2 Å². The zero-order chi connectivity index (χ0) is 15.3. The van der Waals surface area contributed by atoms with E-state index < -0.39 is 16.6 Å². The maximum atomic E-state index is 12.3. The molecular weight excluding hydrogens is 303 g/mol. The minimum atomic E-state index is -1.34. The van der Waals surface area contributed by atoms with Gasteiger partial charge in [0.05, 0.1) is 7.11 Å². The lowest BCUT2D eigenvalue weighted by Gasteiger charge is -2.24. The molecule has 0 amide bonds. The van der Waals surface area contributed by atoms with Gasteiger partial charge < -0.3 is 9.47 Å². The molecule has 0 N–H and O–H groups in total. The van der Waals surface area contributed by atoms with Gasteiger partial charge >= 0.3 is 5.97 Å². The Morgan fingerprint density at radius 3 is 2.25 bits per heavy atom. The molecule has 0 heterocycles. The number of carbonyl (C=O) groups is 2. The summed E-state index contributed by atoms with van der Waals surface area (Å²) in [5.41, 5.74) is -1.34. The summed E-state index contributed by atoms with van der Waals surface area (Å²) in [6, 6.07) is 4.59. The molecule has 110 valence electrons. The fraction of sp³-hybridized carbons (Fsp3) is 0.429. The topological polar surface area (TPSA) is 52.6 Å². The quantitative estimate of drug-likeness (QED) is 0.346. The third kappa shape index (κ3) is 3.25. The Labute approximate surface area is 128 Å². The molecule has 1 aromatic rings. The van der Waals surface area contributed by atoms with Crippen LogP contribution in [0.3, 0.4) is 0 Å². The third-order valence-corrected chi connectivity index (χ3v) is 3.90. The molecule has 0 atom stereocenters. The second-order valence-corrected chi connectivity index (χ2v) is 5.03. The van der Waals surface area contributed by atoms with Crippen molar-refractivity contribution in [3.63, 3.8) is 0 Å². The number of ether oxygens (including phenoxy) is 2. The van der Waals surface area contributed by atoms with Crippen molar-refractivity contribution in [1.29, 1.82) is 0 Å². The molecule has 0 spiro atoms. The molecule has 20 heavy (non-hydrogen) atoms. The predicted octanol–water partition coefficient (Wildman–Crippen LogP) is 3.83. The van der Waals surface area contributed by atoms with Crippen LogP contribution in [0.2, 0.25) is 5.02 Å². The first-order valence-corrected chi connectivity index (χ1v) is 6.92. The molecule has 4 nitrogen and oxygen atoms in total. The van der Waals surface area contributed by atoms with E-state index in [2.05, 4.69) is 0 Å². The lowest BCUT2D eigenvalue weighted by Crippen LogP contribution is -2.39. The van der Waals surface area contributed by atoms with Gasteiger partial charge in [-0.3, -0.25) is 9.59 Å². The highest BCUT2D eigenvalue weighted by molar-refractivity contribution is 6.66. The van der Waals surface area contributed by atoms with Crippen molar-refractivity contribution >= 4 is 34.4 Å². The summed E-state index contributed by atoms with van der Waals surface area (Å²) < 4.78 is 10.4. The molecule has 0 radical (unpaired) electrons. The first-order chi connectivity index (χ1) is 9.41. The van der Waals surface area contributed by atoms with Crippen molar-refractivity contribution < 1.29 is 19.1 Å². The second-order valence-electron chi connectivity index (χ2n) is 4.25. The van der Waals surface area contributed by atoms with Crippen LogP contribution in [0.4, 0.5) is 0 Å². The van der Waals surface area contributed by atoms with Crippen molar-refractivity contribution in [3.05, 3.63) is 23.2 Å². The van der Waals surface area contributed by atoms with E-state index in [1.807, 2.05) is 0 Å². The molecule has 0 aliphatic rings. The van der Waals surface area contributed by atoms with E-state index in [1.54, 1.807) is 19.9 Å². The Bertz CT molecular complexity index is 510. The van der Waals surface area contributed by atoms with E-state index >= 15 is 0 Å². The Morgan fingerprint density at radius 1 is 1.20 bits per heavy atom. The van der Waals surface area contributed by atoms with Gasteiger partial charge in [-0.05, 0) is 36.6 Å². The molecule has 0 saturated carbocycles. The monoisotopic (exact) mass is 318 g/mol. The standard InChI is InChI=1S/C14H16Cl2O4/c1-4-14(5-2,12(16)17)13(18)20-10-7-6-9(15)8-11(10)19-3/h6-8H,4-5H2,1-3H3. The smallest absolute Gasteiger partial charge is 0.326 e. The number of carbonyl (C=O) groups excluding carboxylic acids is 2. The molecule has 1 aromatic carbocycles. The molecule has 0 bridgehead atoms. The first kappa shape index (κ1) is 16.8. The molecule has 0 fully saturated rings. The molecule has 0 saturated heterocycles. The van der Waals surface area contributed by atoms with Gasteiger partial charge in [-0.1, -0.05) is 25.4 Å². The lowest BCUT2D eigenvalue weighted by molar-refractivity contribution is -0.150. The summed E-state index contributed by atoms with van der Waals surface area (Å²) >= 11 is 11.4. The van der Waals surface area contributed by atoms with Gasteiger partial charge in [0.2, 0.25) is 5.24 Å². The van der Waals surface area contributed by atoms with Crippen molar-refractivity contribution in [1.82, 2.24) is 0 Å². The lowest BCUT2D eigenvalue weighted by atomic mass is 9.84. The predicted molar refractivity (Wildman–Crippen MR) is 77.5 cm³/mol. The van der Waals surface area contributed by atoms with Gasteiger partial charge in [0.1, 0.15) is 5.41 Å². The Hall–Kier alpha value is -1.26. The molecule has 6 heteroatoms. The summed E-state index contributed by atoms with van der Waals surface area (Å²) in [7, 11) is 1.43. The average molecular weight is 319 g/mol. The van der Waals surface area contributed by atoms with Crippen LogP contribution in [0.5, 0.6) is 11.5 Å². The normalized spacial score (nSPS) is 11.1. The number of halogens is 2. The zero-order valence-corrected chi connectivity index (χ0v) is 13.0. The van der Waals surface area contributed by atoms with Crippen LogP contribution in [-0.2, 0) is 9.59 Å². The van der Waals surface area contributed by atoms with Crippen LogP contribution < -0.4 is 9.47 Å². The number of esters is 1. The van der Waals surface area contributed by atoms with E-state index in [0.717, 1.165) is 0 Å². The summed E-state index contributed by atoms with van der Waals surface area (Å²) in [5, 5.41) is -0.271. The van der Waals surface area contributed by atoms with E-state index in [1.165, 1.54) is 19.2 Å². The van der Waals surface area contributed by atoms with Crippen LogP contribution in [0.25, 0.3) is 0 Å². The summed E-state index contributed by atoms with van der Waals surface area (Å²) in [5.74, 6) is -0.178. The fourth-order valence-electron chi connectivity index (χ4n) is 1.82. The second kappa shape index (κ2) is 6.95. The molecule has 1 rings (SSSR count). The highest BCUT2D eigenvalue weighted by Crippen LogP contribution is 2.35. The first-order valence-electron chi connectivity index (χ1n) is 6.17. The minimum absolute atomic E-state index is 0.200. The summed E-state index contributed by atoms with van der Waals surface area (Å²) in [6.07, 6.45) is 0.529. The van der Waals surface area contributed by atoms with Gasteiger partial charge in [-0.25, -0.2) is 0 Å². The van der Waals surface area contributed by atoms with Crippen LogP contribution in [0, 0.1) is 5.41 Å². The molecular formula is C14H16Cl2O4. The van der Waals surface area contributed by atoms with Crippen LogP contribution in [0.15, 0.2) is 18.2 Å². The summed E-state index contributed by atoms with van der Waals surface area (Å²) in [4.78, 5) is 23.9. The molecule has 0 unspecified atom stereocenters.